The standard InChI is InChI=1S/C24H22ClN5O2S/c1-14-3-8-20(15(2)9-14)30-22-19(12-27-30)23(32)29-18(13-33-24(29)28-22)10-21(31)26-11-16-4-6-17(25)7-5-16/h3-9,12,18H,10-11,13H2,1-2H3,(H,26,31). The third-order valence-corrected chi connectivity index (χ3v) is 7.12. The van der Waals surface area contributed by atoms with Crippen molar-refractivity contribution in [2.45, 2.75) is 38.0 Å². The zero-order valence-electron chi connectivity index (χ0n) is 18.2. The number of rotatable bonds is 5. The van der Waals surface area contributed by atoms with Gasteiger partial charge in [-0.25, -0.2) is 9.67 Å². The number of halogens is 1. The third-order valence-electron chi connectivity index (χ3n) is 5.78. The van der Waals surface area contributed by atoms with E-state index in [2.05, 4.69) is 16.5 Å². The van der Waals surface area contributed by atoms with Crippen LogP contribution < -0.4 is 10.9 Å². The fourth-order valence-electron chi connectivity index (χ4n) is 4.09. The van der Waals surface area contributed by atoms with E-state index in [9.17, 15) is 9.59 Å². The minimum absolute atomic E-state index is 0.110. The minimum Gasteiger partial charge on any atom is -0.352 e. The van der Waals surface area contributed by atoms with Gasteiger partial charge in [0.2, 0.25) is 5.91 Å². The highest BCUT2D eigenvalue weighted by Crippen LogP contribution is 2.33. The first-order chi connectivity index (χ1) is 15.9. The number of hydrogen-bond acceptors (Lipinski definition) is 5. The normalized spacial score (nSPS) is 15.1. The number of fused-ring (bicyclic) bond motifs is 2. The van der Waals surface area contributed by atoms with E-state index in [1.165, 1.54) is 11.8 Å². The van der Waals surface area contributed by atoms with Crippen molar-refractivity contribution in [3.8, 4) is 5.69 Å². The maximum atomic E-state index is 13.3. The Morgan fingerprint density at radius 1 is 1.21 bits per heavy atom. The molecular weight excluding hydrogens is 458 g/mol. The van der Waals surface area contributed by atoms with E-state index >= 15 is 0 Å². The lowest BCUT2D eigenvalue weighted by Crippen LogP contribution is -2.30. The van der Waals surface area contributed by atoms with Crippen LogP contribution in [-0.2, 0) is 11.3 Å². The van der Waals surface area contributed by atoms with Crippen LogP contribution in [0.5, 0.6) is 0 Å². The topological polar surface area (TPSA) is 81.8 Å². The zero-order chi connectivity index (χ0) is 23.1. The van der Waals surface area contributed by atoms with Crippen LogP contribution >= 0.6 is 23.4 Å². The van der Waals surface area contributed by atoms with Gasteiger partial charge in [-0.1, -0.05) is 53.2 Å². The minimum atomic E-state index is -0.246. The molecule has 1 aliphatic rings. The fourth-order valence-corrected chi connectivity index (χ4v) is 5.35. The molecule has 2 aromatic carbocycles. The average molecular weight is 480 g/mol. The van der Waals surface area contributed by atoms with Crippen LogP contribution in [0.25, 0.3) is 16.7 Å². The van der Waals surface area contributed by atoms with Gasteiger partial charge in [-0.05, 0) is 43.2 Å². The van der Waals surface area contributed by atoms with Gasteiger partial charge in [0.1, 0.15) is 5.39 Å². The molecule has 33 heavy (non-hydrogen) atoms. The molecule has 1 atom stereocenters. The van der Waals surface area contributed by atoms with Crippen LogP contribution in [-0.4, -0.2) is 31.0 Å². The van der Waals surface area contributed by atoms with E-state index in [0.717, 1.165) is 22.4 Å². The maximum Gasteiger partial charge on any atom is 0.265 e. The van der Waals surface area contributed by atoms with Gasteiger partial charge < -0.3 is 5.32 Å². The molecule has 0 aliphatic carbocycles. The molecule has 4 aromatic rings. The van der Waals surface area contributed by atoms with Gasteiger partial charge in [0, 0.05) is 23.7 Å². The lowest BCUT2D eigenvalue weighted by molar-refractivity contribution is -0.121. The van der Waals surface area contributed by atoms with Gasteiger partial charge in [0.05, 0.1) is 17.9 Å². The van der Waals surface area contributed by atoms with Crippen LogP contribution in [0.4, 0.5) is 0 Å². The molecule has 0 bridgehead atoms. The van der Waals surface area contributed by atoms with E-state index in [1.807, 2.05) is 38.1 Å². The smallest absolute Gasteiger partial charge is 0.265 e. The SMILES string of the molecule is Cc1ccc(-n2ncc3c(=O)n4c(nc32)SCC4CC(=O)NCc2ccc(Cl)cc2)c(C)c1. The maximum absolute atomic E-state index is 13.3. The Hall–Kier alpha value is -3.10. The van der Waals surface area contributed by atoms with Crippen molar-refractivity contribution in [1.82, 2.24) is 24.6 Å². The molecule has 1 unspecified atom stereocenters. The summed E-state index contributed by atoms with van der Waals surface area (Å²) in [5.41, 5.74) is 4.46. The summed E-state index contributed by atoms with van der Waals surface area (Å²) in [6, 6.07) is 13.2. The number of aromatic nitrogens is 4. The second-order valence-corrected chi connectivity index (χ2v) is 9.65. The van der Waals surface area contributed by atoms with Crippen molar-refractivity contribution in [1.29, 1.82) is 0 Å². The summed E-state index contributed by atoms with van der Waals surface area (Å²) >= 11 is 7.40. The molecule has 1 amide bonds. The number of carbonyl (C=O) groups excluding carboxylic acids is 1. The number of thioether (sulfide) groups is 1. The quantitative estimate of drug-likeness (QED) is 0.434. The first-order valence-electron chi connectivity index (χ1n) is 10.6. The lowest BCUT2D eigenvalue weighted by Gasteiger charge is -2.14. The van der Waals surface area contributed by atoms with Gasteiger partial charge >= 0.3 is 0 Å². The monoisotopic (exact) mass is 479 g/mol. The summed E-state index contributed by atoms with van der Waals surface area (Å²) in [5, 5.41) is 9.11. The molecule has 0 saturated carbocycles. The Kier molecular flexibility index (Phi) is 5.72. The second kappa shape index (κ2) is 8.68. The highest BCUT2D eigenvalue weighted by atomic mass is 35.5. The molecular formula is C24H22ClN5O2S. The van der Waals surface area contributed by atoms with Crippen LogP contribution in [0, 0.1) is 13.8 Å². The largest absolute Gasteiger partial charge is 0.352 e. The third kappa shape index (κ3) is 4.16. The van der Waals surface area contributed by atoms with E-state index < -0.39 is 0 Å². The number of benzene rings is 2. The van der Waals surface area contributed by atoms with Crippen molar-refractivity contribution >= 4 is 40.3 Å². The molecule has 7 nitrogen and oxygen atoms in total. The number of nitrogens with zero attached hydrogens (tertiary/aromatic N) is 4. The number of amides is 1. The Bertz CT molecular complexity index is 1430. The van der Waals surface area contributed by atoms with Crippen molar-refractivity contribution in [2.75, 3.05) is 5.75 Å². The van der Waals surface area contributed by atoms with Crippen molar-refractivity contribution < 1.29 is 4.79 Å². The predicted molar refractivity (Wildman–Crippen MR) is 130 cm³/mol. The Morgan fingerprint density at radius 3 is 2.76 bits per heavy atom. The fraction of sp³-hybridized carbons (Fsp3) is 0.250. The van der Waals surface area contributed by atoms with Gasteiger partial charge in [0.15, 0.2) is 10.8 Å². The summed E-state index contributed by atoms with van der Waals surface area (Å²) in [6.07, 6.45) is 1.78. The van der Waals surface area contributed by atoms with Crippen molar-refractivity contribution in [3.63, 3.8) is 0 Å². The van der Waals surface area contributed by atoms with Gasteiger partial charge in [-0.2, -0.15) is 5.10 Å². The molecule has 3 heterocycles. The molecule has 0 radical (unpaired) electrons. The van der Waals surface area contributed by atoms with E-state index in [-0.39, 0.29) is 23.9 Å². The predicted octanol–water partition coefficient (Wildman–Crippen LogP) is 4.21. The summed E-state index contributed by atoms with van der Waals surface area (Å²) in [4.78, 5) is 30.7. The van der Waals surface area contributed by atoms with Gasteiger partial charge in [-0.3, -0.25) is 14.2 Å². The molecule has 168 valence electrons. The molecule has 0 spiro atoms. The molecule has 0 saturated heterocycles. The second-order valence-electron chi connectivity index (χ2n) is 8.23. The Morgan fingerprint density at radius 2 is 2.00 bits per heavy atom. The van der Waals surface area contributed by atoms with Crippen LogP contribution in [0.3, 0.4) is 0 Å². The summed E-state index contributed by atoms with van der Waals surface area (Å²) < 4.78 is 3.36. The Balaban J connectivity index is 1.39. The molecule has 0 fully saturated rings. The van der Waals surface area contributed by atoms with Gasteiger partial charge in [0.25, 0.3) is 5.56 Å². The highest BCUT2D eigenvalue weighted by Gasteiger charge is 2.29. The summed E-state index contributed by atoms with van der Waals surface area (Å²) in [5.74, 6) is 0.515. The Labute approximate surface area is 199 Å². The van der Waals surface area contributed by atoms with Crippen molar-refractivity contribution in [2.24, 2.45) is 0 Å². The molecule has 5 rings (SSSR count). The first kappa shape index (κ1) is 21.7. The number of hydrogen-bond donors (Lipinski definition) is 1. The van der Waals surface area contributed by atoms with E-state index in [1.54, 1.807) is 27.6 Å². The zero-order valence-corrected chi connectivity index (χ0v) is 19.8. The lowest BCUT2D eigenvalue weighted by atomic mass is 10.1. The van der Waals surface area contributed by atoms with E-state index in [4.69, 9.17) is 16.6 Å². The summed E-state index contributed by atoms with van der Waals surface area (Å²) in [7, 11) is 0. The number of carbonyl (C=O) groups is 1. The van der Waals surface area contributed by atoms with Crippen LogP contribution in [0.15, 0.2) is 58.6 Å². The molecule has 2 aromatic heterocycles. The first-order valence-corrected chi connectivity index (χ1v) is 12.0. The van der Waals surface area contributed by atoms with Crippen LogP contribution in [0.1, 0.15) is 29.2 Å². The molecule has 9 heteroatoms. The number of nitrogens with one attached hydrogen (secondary N) is 1. The summed E-state index contributed by atoms with van der Waals surface area (Å²) in [6.45, 7) is 4.47. The van der Waals surface area contributed by atoms with E-state index in [0.29, 0.717) is 33.5 Å². The van der Waals surface area contributed by atoms with Crippen LogP contribution in [0.2, 0.25) is 5.02 Å². The number of aryl methyl sites for hydroxylation is 2. The highest BCUT2D eigenvalue weighted by molar-refractivity contribution is 7.99. The van der Waals surface area contributed by atoms with Gasteiger partial charge in [-0.15, -0.1) is 0 Å². The molecule has 1 N–H and O–H groups in total. The average Bonchev–Trinajstić information content (AvgIpc) is 3.38. The van der Waals surface area contributed by atoms with Crippen molar-refractivity contribution in [3.05, 3.63) is 80.7 Å². The molecule has 1 aliphatic heterocycles.